The summed E-state index contributed by atoms with van der Waals surface area (Å²) in [5.41, 5.74) is 4.55. The Morgan fingerprint density at radius 3 is 2.41 bits per heavy atom. The summed E-state index contributed by atoms with van der Waals surface area (Å²) >= 11 is 12.9. The number of pyridine rings is 2. The van der Waals surface area contributed by atoms with Crippen molar-refractivity contribution >= 4 is 67.9 Å². The number of carbonyl (C=O) groups excluding carboxylic acids is 3. The van der Waals surface area contributed by atoms with Crippen LogP contribution < -0.4 is 26.2 Å². The molecular formula is C50H56Cl2N10O7Si. The topological polar surface area (TPSA) is 182 Å². The van der Waals surface area contributed by atoms with Crippen molar-refractivity contribution in [2.45, 2.75) is 75.8 Å². The third-order valence-electron chi connectivity index (χ3n) is 15.1. The van der Waals surface area contributed by atoms with Gasteiger partial charge in [-0.15, -0.1) is 0 Å². The highest BCUT2D eigenvalue weighted by atomic mass is 35.5. The van der Waals surface area contributed by atoms with Gasteiger partial charge in [-0.05, 0) is 113 Å². The lowest BCUT2D eigenvalue weighted by molar-refractivity contribution is -0.130. The second kappa shape index (κ2) is 18.0. The number of hydrogen-bond donors (Lipinski definition) is 2. The summed E-state index contributed by atoms with van der Waals surface area (Å²) in [4.78, 5) is 84.7. The number of fused-ring (bicyclic) bond motifs is 2. The number of aryl methyl sites for hydroxylation is 3. The average Bonchev–Trinajstić information content (AvgIpc) is 3.92. The number of ether oxygens (including phenoxy) is 1. The molecule has 4 aliphatic rings. The number of benzene rings is 2. The van der Waals surface area contributed by atoms with Gasteiger partial charge in [-0.3, -0.25) is 33.2 Å². The van der Waals surface area contributed by atoms with Gasteiger partial charge in [0.1, 0.15) is 23.8 Å². The quantitative estimate of drug-likeness (QED) is 0.177. The van der Waals surface area contributed by atoms with Crippen LogP contribution in [0.3, 0.4) is 0 Å². The van der Waals surface area contributed by atoms with Crippen molar-refractivity contribution in [3.63, 3.8) is 0 Å². The summed E-state index contributed by atoms with van der Waals surface area (Å²) in [5, 5.41) is 12.2. The van der Waals surface area contributed by atoms with Gasteiger partial charge in [0.15, 0.2) is 5.69 Å². The zero-order chi connectivity index (χ0) is 49.6. The molecule has 0 saturated carbocycles. The van der Waals surface area contributed by atoms with Crippen molar-refractivity contribution < 1.29 is 24.2 Å². The van der Waals surface area contributed by atoms with E-state index in [1.165, 1.54) is 35.0 Å². The Bertz CT molecular complexity index is 3220. The van der Waals surface area contributed by atoms with Crippen LogP contribution in [0.2, 0.25) is 10.0 Å². The predicted molar refractivity (Wildman–Crippen MR) is 270 cm³/mol. The van der Waals surface area contributed by atoms with Gasteiger partial charge in [0.25, 0.3) is 17.4 Å². The first-order valence-corrected chi connectivity index (χ1v) is 25.5. The molecule has 2 aromatic carbocycles. The minimum absolute atomic E-state index is 0.0318. The Balaban J connectivity index is 0.845. The number of para-hydroxylation sites is 1. The van der Waals surface area contributed by atoms with Crippen molar-refractivity contribution in [3.05, 3.63) is 126 Å². The second-order valence-electron chi connectivity index (χ2n) is 19.8. The van der Waals surface area contributed by atoms with Crippen molar-refractivity contribution in [3.8, 4) is 17.3 Å². The van der Waals surface area contributed by atoms with E-state index < -0.39 is 23.3 Å². The number of likely N-dealkylation sites (tertiary alicyclic amines) is 2. The summed E-state index contributed by atoms with van der Waals surface area (Å²) in [5.74, 6) is -0.273. The first-order chi connectivity index (χ1) is 33.4. The van der Waals surface area contributed by atoms with Crippen LogP contribution in [-0.2, 0) is 30.5 Å². The minimum Gasteiger partial charge on any atom is -0.480 e. The van der Waals surface area contributed by atoms with Gasteiger partial charge >= 0.3 is 5.69 Å². The van der Waals surface area contributed by atoms with Gasteiger partial charge in [0.2, 0.25) is 11.8 Å². The lowest BCUT2D eigenvalue weighted by Gasteiger charge is -2.54. The molecule has 10 rings (SSSR count). The molecule has 3 saturated heterocycles. The van der Waals surface area contributed by atoms with Crippen LogP contribution in [-0.4, -0.2) is 117 Å². The first-order valence-electron chi connectivity index (χ1n) is 23.8. The van der Waals surface area contributed by atoms with E-state index in [0.717, 1.165) is 67.5 Å². The van der Waals surface area contributed by atoms with E-state index in [9.17, 15) is 29.1 Å². The molecule has 8 heterocycles. The lowest BCUT2D eigenvalue weighted by atomic mass is 9.71. The summed E-state index contributed by atoms with van der Waals surface area (Å²) in [6.07, 6.45) is 6.53. The third kappa shape index (κ3) is 7.78. The van der Waals surface area contributed by atoms with Crippen molar-refractivity contribution in [1.82, 2.24) is 43.4 Å². The fourth-order valence-electron chi connectivity index (χ4n) is 11.4. The maximum absolute atomic E-state index is 14.8. The van der Waals surface area contributed by atoms with Crippen LogP contribution in [0.15, 0.2) is 76.6 Å². The molecule has 4 aromatic heterocycles. The van der Waals surface area contributed by atoms with Crippen LogP contribution in [0.4, 0.5) is 5.69 Å². The molecule has 70 heavy (non-hydrogen) atoms. The van der Waals surface area contributed by atoms with Gasteiger partial charge in [0, 0.05) is 66.3 Å². The molecule has 3 fully saturated rings. The highest BCUT2D eigenvalue weighted by Gasteiger charge is 2.54. The number of imidazole rings is 2. The standard InChI is InChI=1S/C50H56Cl2N10O7Si/c1-28(2)60-41-39(47(67)62(37-23-33(52)25-56(3)46(37)66)50(41,70)31-11-13-32(51)14-12-31)55-42(60)34-22-30(24-53-44(34)69-5)45(65)59-26-49(27-59)17-20-58(21-18-49)19-7-9-29-8-6-10-35-40(29)57(4)48(68)61(35)36-15-16-38(63)54-43(36)64/h6,8,10-14,22-25,28,36,38,63H,7,9,15-21,26-27H2,1-5,70H3,(H,54,64). The second-order valence-corrected chi connectivity index (χ2v) is 22.1. The SMILES string of the molecule is COc1ncc(C(=O)N2CC3(CCN(CCCc4cccc5c4n(C)c(=O)n5C4CCC(O)NC4=O)CC3)C2)cc1-c1nc2c(n1C(C)C)C([SiH3])(c1ccc(Cl)cc1)N(c1cc(Cl)cn(C)c1=O)C2=O. The molecule has 4 aliphatic heterocycles. The maximum atomic E-state index is 14.8. The number of piperidine rings is 2. The van der Waals surface area contributed by atoms with Gasteiger partial charge in [-0.1, -0.05) is 47.5 Å². The zero-order valence-corrected chi connectivity index (χ0v) is 43.6. The highest BCUT2D eigenvalue weighted by Crippen LogP contribution is 2.48. The van der Waals surface area contributed by atoms with E-state index in [2.05, 4.69) is 21.3 Å². The van der Waals surface area contributed by atoms with Gasteiger partial charge in [0.05, 0.1) is 45.1 Å². The molecule has 0 bridgehead atoms. The van der Waals surface area contributed by atoms with E-state index in [1.54, 1.807) is 41.4 Å². The lowest BCUT2D eigenvalue weighted by Crippen LogP contribution is -2.61. The number of nitrogens with one attached hydrogen (secondary N) is 1. The van der Waals surface area contributed by atoms with Gasteiger partial charge < -0.3 is 34.1 Å². The highest BCUT2D eigenvalue weighted by molar-refractivity contribution is 6.32. The Kier molecular flexibility index (Phi) is 12.2. The number of aliphatic hydroxyl groups excluding tert-OH is 1. The van der Waals surface area contributed by atoms with Gasteiger partial charge in [-0.2, -0.15) is 0 Å². The van der Waals surface area contributed by atoms with E-state index in [1.807, 2.05) is 47.6 Å². The van der Waals surface area contributed by atoms with Crippen molar-refractivity contribution in [2.75, 3.05) is 44.7 Å². The predicted octanol–water partition coefficient (Wildman–Crippen LogP) is 4.36. The monoisotopic (exact) mass is 1010 g/mol. The number of rotatable bonds is 11. The molecule has 366 valence electrons. The number of aromatic nitrogens is 6. The summed E-state index contributed by atoms with van der Waals surface area (Å²) in [6.45, 7) is 8.00. The van der Waals surface area contributed by atoms with Crippen LogP contribution in [0.5, 0.6) is 5.88 Å². The smallest absolute Gasteiger partial charge is 0.329 e. The number of halogens is 2. The first kappa shape index (κ1) is 47.6. The molecule has 3 unspecified atom stereocenters. The van der Waals surface area contributed by atoms with Gasteiger partial charge in [-0.25, -0.2) is 14.8 Å². The molecule has 20 heteroatoms. The summed E-state index contributed by atoms with van der Waals surface area (Å²) in [6, 6.07) is 15.5. The fourth-order valence-corrected chi connectivity index (χ4v) is 13.1. The molecule has 1 spiro atoms. The van der Waals surface area contributed by atoms with Crippen LogP contribution in [0.1, 0.15) is 95.7 Å². The average molecular weight is 1010 g/mol. The van der Waals surface area contributed by atoms with Crippen LogP contribution >= 0.6 is 23.2 Å². The number of aliphatic hydroxyl groups is 1. The maximum Gasteiger partial charge on any atom is 0.329 e. The molecule has 6 aromatic rings. The van der Waals surface area contributed by atoms with E-state index in [4.69, 9.17) is 32.9 Å². The largest absolute Gasteiger partial charge is 0.480 e. The van der Waals surface area contributed by atoms with E-state index in [-0.39, 0.29) is 51.8 Å². The molecular weight excluding hydrogens is 952 g/mol. The van der Waals surface area contributed by atoms with E-state index in [0.29, 0.717) is 68.9 Å². The number of carbonyl (C=O) groups is 3. The number of hydrogen-bond acceptors (Lipinski definition) is 10. The minimum atomic E-state index is -1.12. The zero-order valence-electron chi connectivity index (χ0n) is 40.0. The van der Waals surface area contributed by atoms with E-state index >= 15 is 0 Å². The number of methoxy groups -OCH3 is 1. The molecule has 17 nitrogen and oxygen atoms in total. The Labute approximate surface area is 417 Å². The molecule has 3 atom stereocenters. The fraction of sp³-hybridized carbons (Fsp3) is 0.420. The van der Waals surface area contributed by atoms with Crippen molar-refractivity contribution in [1.29, 1.82) is 0 Å². The Hall–Kier alpha value is -6.05. The normalized spacial score (nSPS) is 21.2. The molecule has 2 N–H and O–H groups in total. The molecule has 0 radical (unpaired) electrons. The summed E-state index contributed by atoms with van der Waals surface area (Å²) in [7, 11) is 5.19. The number of anilines is 1. The van der Waals surface area contributed by atoms with Crippen LogP contribution in [0, 0.1) is 5.41 Å². The Morgan fingerprint density at radius 2 is 1.73 bits per heavy atom. The molecule has 3 amide bonds. The van der Waals surface area contributed by atoms with Crippen LogP contribution in [0.25, 0.3) is 22.4 Å². The number of amides is 3. The third-order valence-corrected chi connectivity index (χ3v) is 17.0. The Morgan fingerprint density at radius 1 is 1.00 bits per heavy atom. The number of nitrogens with zero attached hydrogens (tertiary/aromatic N) is 9. The van der Waals surface area contributed by atoms with Crippen molar-refractivity contribution in [2.24, 2.45) is 19.5 Å². The molecule has 0 aliphatic carbocycles. The summed E-state index contributed by atoms with van der Waals surface area (Å²) < 4.78 is 12.4.